The van der Waals surface area contributed by atoms with E-state index in [0.717, 1.165) is 66.3 Å². The van der Waals surface area contributed by atoms with Crippen LogP contribution in [0.3, 0.4) is 0 Å². The monoisotopic (exact) mass is 592 g/mol. The summed E-state index contributed by atoms with van der Waals surface area (Å²) in [6.45, 7) is 11.9. The molecule has 0 atom stereocenters. The van der Waals surface area contributed by atoms with Gasteiger partial charge in [0.15, 0.2) is 5.16 Å². The summed E-state index contributed by atoms with van der Waals surface area (Å²) >= 11 is 1.64. The van der Waals surface area contributed by atoms with Crippen LogP contribution in [0, 0.1) is 0 Å². The van der Waals surface area contributed by atoms with Gasteiger partial charge in [0, 0.05) is 74.5 Å². The second-order valence-electron chi connectivity index (χ2n) is 11.8. The molecule has 222 valence electrons. The molecule has 2 aromatic carbocycles. The van der Waals surface area contributed by atoms with Crippen LogP contribution in [0.1, 0.15) is 53.5 Å². The molecule has 0 radical (unpaired) electrons. The Labute approximate surface area is 259 Å². The van der Waals surface area contributed by atoms with Crippen molar-refractivity contribution in [1.29, 1.82) is 0 Å². The Hall–Kier alpha value is -4.01. The van der Waals surface area contributed by atoms with Crippen LogP contribution in [0.15, 0.2) is 96.4 Å². The highest BCUT2D eigenvalue weighted by Gasteiger charge is 2.23. The van der Waals surface area contributed by atoms with Gasteiger partial charge in [-0.15, -0.1) is 0 Å². The summed E-state index contributed by atoms with van der Waals surface area (Å²) in [5.41, 5.74) is 4.94. The number of anilines is 1. The van der Waals surface area contributed by atoms with Gasteiger partial charge in [-0.1, -0.05) is 93.2 Å². The molecule has 0 aliphatic carbocycles. The van der Waals surface area contributed by atoms with Crippen LogP contribution < -0.4 is 10.2 Å². The molecule has 3 heterocycles. The molecule has 1 aliphatic rings. The molecule has 1 aliphatic heterocycles. The first-order chi connectivity index (χ1) is 20.8. The number of hydrogen-bond acceptors (Lipinski definition) is 7. The Morgan fingerprint density at radius 3 is 2.40 bits per heavy atom. The minimum absolute atomic E-state index is 0.0815. The minimum Gasteiger partial charge on any atom is -0.354 e. The number of rotatable bonds is 10. The van der Waals surface area contributed by atoms with Gasteiger partial charge in [0.25, 0.3) is 5.91 Å². The zero-order chi connectivity index (χ0) is 30.1. The average molecular weight is 593 g/mol. The molecule has 1 fully saturated rings. The third-order valence-electron chi connectivity index (χ3n) is 7.39. The van der Waals surface area contributed by atoms with Crippen LogP contribution in [0.2, 0.25) is 0 Å². The highest BCUT2D eigenvalue weighted by molar-refractivity contribution is 7.98. The van der Waals surface area contributed by atoms with Gasteiger partial charge in [0.05, 0.1) is 5.69 Å². The van der Waals surface area contributed by atoms with E-state index in [0.29, 0.717) is 12.1 Å². The summed E-state index contributed by atoms with van der Waals surface area (Å²) in [5, 5.41) is 3.74. The quantitative estimate of drug-likeness (QED) is 0.173. The Bertz CT molecular complexity index is 1500. The van der Waals surface area contributed by atoms with Gasteiger partial charge in [-0.3, -0.25) is 14.7 Å². The van der Waals surface area contributed by atoms with E-state index in [1.165, 1.54) is 5.56 Å². The largest absolute Gasteiger partial charge is 0.354 e. The predicted molar refractivity (Wildman–Crippen MR) is 176 cm³/mol. The Balaban J connectivity index is 1.17. The van der Waals surface area contributed by atoms with Gasteiger partial charge >= 0.3 is 0 Å². The van der Waals surface area contributed by atoms with Crippen molar-refractivity contribution in [2.24, 2.45) is 0 Å². The maximum absolute atomic E-state index is 12.6. The van der Waals surface area contributed by atoms with Crippen molar-refractivity contribution in [3.63, 3.8) is 0 Å². The number of amides is 1. The average Bonchev–Trinajstić information content (AvgIpc) is 3.04. The maximum atomic E-state index is 12.6. The summed E-state index contributed by atoms with van der Waals surface area (Å²) in [4.78, 5) is 31.5. The van der Waals surface area contributed by atoms with Gasteiger partial charge in [-0.05, 0) is 34.9 Å². The van der Waals surface area contributed by atoms with Gasteiger partial charge in [0.1, 0.15) is 5.82 Å². The number of nitrogens with zero attached hydrogens (tertiary/aromatic N) is 5. The van der Waals surface area contributed by atoms with Crippen LogP contribution in [0.5, 0.6) is 0 Å². The molecular weight excluding hydrogens is 552 g/mol. The fourth-order valence-electron chi connectivity index (χ4n) is 4.77. The fraction of sp³-hybridized carbons (Fsp3) is 0.314. The molecule has 8 heteroatoms. The van der Waals surface area contributed by atoms with Gasteiger partial charge in [0.2, 0.25) is 0 Å². The SMILES string of the molecule is CC(C)(C)c1cc(N2CCN(C/C=C/c3ccccc3)CC2)nc(SCc2ccc(C(=O)NCc3cccnc3)cc2)n1. The molecule has 1 amide bonds. The molecular formula is C35H40N6OS. The third-order valence-corrected chi connectivity index (χ3v) is 8.31. The molecule has 5 rings (SSSR count). The standard InChI is InChI=1S/C35H40N6OS/c1-35(2,3)31-23-32(41-21-19-40(20-22-41)18-8-12-27-9-5-4-6-10-27)39-34(38-31)43-26-28-13-15-30(16-14-28)33(42)37-25-29-11-7-17-36-24-29/h4-17,23-24H,18-22,25-26H2,1-3H3,(H,37,42)/b12-8+. The van der Waals surface area contributed by atoms with Gasteiger partial charge in [-0.25, -0.2) is 9.97 Å². The van der Waals surface area contributed by atoms with Crippen LogP contribution in [-0.4, -0.2) is 58.5 Å². The summed E-state index contributed by atoms with van der Waals surface area (Å²) in [7, 11) is 0. The van der Waals surface area contributed by atoms with Crippen LogP contribution >= 0.6 is 11.8 Å². The molecule has 0 spiro atoms. The van der Waals surface area contributed by atoms with E-state index < -0.39 is 0 Å². The van der Waals surface area contributed by atoms with Crippen molar-refractivity contribution < 1.29 is 4.79 Å². The molecule has 43 heavy (non-hydrogen) atoms. The summed E-state index contributed by atoms with van der Waals surface area (Å²) in [6.07, 6.45) is 7.93. The van der Waals surface area contributed by atoms with Crippen molar-refractivity contribution in [1.82, 2.24) is 25.2 Å². The van der Waals surface area contributed by atoms with E-state index in [-0.39, 0.29) is 11.3 Å². The first-order valence-electron chi connectivity index (χ1n) is 14.8. The first kappa shape index (κ1) is 30.4. The minimum atomic E-state index is -0.0961. The molecule has 2 aromatic heterocycles. The summed E-state index contributed by atoms with van der Waals surface area (Å²) < 4.78 is 0. The molecule has 1 N–H and O–H groups in total. The third kappa shape index (κ3) is 8.99. The predicted octanol–water partition coefficient (Wildman–Crippen LogP) is 6.23. The topological polar surface area (TPSA) is 74.2 Å². The van der Waals surface area contributed by atoms with Crippen molar-refractivity contribution in [2.75, 3.05) is 37.6 Å². The molecule has 0 saturated carbocycles. The Morgan fingerprint density at radius 2 is 1.70 bits per heavy atom. The molecule has 7 nitrogen and oxygen atoms in total. The zero-order valence-electron chi connectivity index (χ0n) is 25.2. The molecule has 4 aromatic rings. The number of piperazine rings is 1. The highest BCUT2D eigenvalue weighted by Crippen LogP contribution is 2.29. The summed E-state index contributed by atoms with van der Waals surface area (Å²) in [6, 6.07) is 24.2. The number of nitrogens with one attached hydrogen (secondary N) is 1. The van der Waals surface area contributed by atoms with E-state index in [1.54, 1.807) is 24.2 Å². The van der Waals surface area contributed by atoms with E-state index in [9.17, 15) is 4.79 Å². The van der Waals surface area contributed by atoms with Gasteiger partial charge in [-0.2, -0.15) is 0 Å². The van der Waals surface area contributed by atoms with Crippen molar-refractivity contribution >= 4 is 29.6 Å². The molecule has 1 saturated heterocycles. The normalized spacial score (nSPS) is 14.3. The second-order valence-corrected chi connectivity index (χ2v) is 12.7. The number of thioether (sulfide) groups is 1. The fourth-order valence-corrected chi connectivity index (χ4v) is 5.58. The van der Waals surface area contributed by atoms with Gasteiger partial charge < -0.3 is 10.2 Å². The summed E-state index contributed by atoms with van der Waals surface area (Å²) in [5.74, 6) is 1.63. The number of carbonyl (C=O) groups is 1. The van der Waals surface area contributed by atoms with E-state index in [1.807, 2.05) is 42.5 Å². The lowest BCUT2D eigenvalue weighted by Crippen LogP contribution is -2.46. The zero-order valence-corrected chi connectivity index (χ0v) is 26.1. The Morgan fingerprint density at radius 1 is 0.930 bits per heavy atom. The van der Waals surface area contributed by atoms with E-state index in [2.05, 4.69) is 83.4 Å². The number of benzene rings is 2. The number of carbonyl (C=O) groups excluding carboxylic acids is 1. The number of aromatic nitrogens is 3. The van der Waals surface area contributed by atoms with Crippen LogP contribution in [-0.2, 0) is 17.7 Å². The van der Waals surface area contributed by atoms with Crippen molar-refractivity contribution in [2.45, 2.75) is 43.6 Å². The molecule has 0 bridgehead atoms. The number of hydrogen-bond donors (Lipinski definition) is 1. The van der Waals surface area contributed by atoms with E-state index in [4.69, 9.17) is 9.97 Å². The highest BCUT2D eigenvalue weighted by atomic mass is 32.2. The van der Waals surface area contributed by atoms with E-state index >= 15 is 0 Å². The van der Waals surface area contributed by atoms with Crippen LogP contribution in [0.25, 0.3) is 6.08 Å². The lowest BCUT2D eigenvalue weighted by atomic mass is 9.92. The Kier molecular flexibility index (Phi) is 10.2. The second kappa shape index (κ2) is 14.4. The smallest absolute Gasteiger partial charge is 0.251 e. The maximum Gasteiger partial charge on any atom is 0.251 e. The lowest BCUT2D eigenvalue weighted by Gasteiger charge is -2.35. The van der Waals surface area contributed by atoms with Crippen LogP contribution in [0.4, 0.5) is 5.82 Å². The first-order valence-corrected chi connectivity index (χ1v) is 15.8. The number of pyridine rings is 1. The lowest BCUT2D eigenvalue weighted by molar-refractivity contribution is 0.0951. The molecule has 0 unspecified atom stereocenters. The van der Waals surface area contributed by atoms with Crippen molar-refractivity contribution in [3.8, 4) is 0 Å². The van der Waals surface area contributed by atoms with Crippen molar-refractivity contribution in [3.05, 3.63) is 119 Å².